The summed E-state index contributed by atoms with van der Waals surface area (Å²) < 4.78 is 0. The predicted octanol–water partition coefficient (Wildman–Crippen LogP) is 2.41. The van der Waals surface area contributed by atoms with Crippen molar-refractivity contribution in [2.45, 2.75) is 45.6 Å². The van der Waals surface area contributed by atoms with Crippen molar-refractivity contribution in [1.29, 1.82) is 5.26 Å². The van der Waals surface area contributed by atoms with Crippen LogP contribution in [0.25, 0.3) is 0 Å². The zero-order chi connectivity index (χ0) is 16.8. The van der Waals surface area contributed by atoms with Crippen LogP contribution in [0.15, 0.2) is 6.07 Å². The van der Waals surface area contributed by atoms with Gasteiger partial charge in [-0.15, -0.1) is 0 Å². The summed E-state index contributed by atoms with van der Waals surface area (Å²) in [5.41, 5.74) is 2.56. The number of aromatic nitrogens is 1. The first-order chi connectivity index (χ1) is 11.6. The van der Waals surface area contributed by atoms with Gasteiger partial charge in [0.1, 0.15) is 11.9 Å². The van der Waals surface area contributed by atoms with Crippen LogP contribution in [0.3, 0.4) is 0 Å². The molecule has 0 spiro atoms. The van der Waals surface area contributed by atoms with Crippen LogP contribution in [0.5, 0.6) is 0 Å². The van der Waals surface area contributed by atoms with Crippen molar-refractivity contribution in [3.8, 4) is 6.07 Å². The van der Waals surface area contributed by atoms with Gasteiger partial charge >= 0.3 is 0 Å². The van der Waals surface area contributed by atoms with Crippen molar-refractivity contribution in [2.75, 3.05) is 24.5 Å². The lowest BCUT2D eigenvalue weighted by molar-refractivity contribution is -0.140. The SMILES string of the molecule is Cc1cc(C)c(C#N)c(N2CC3CCC(C2)N(CC2CC2)C3=O)n1. The van der Waals surface area contributed by atoms with Gasteiger partial charge in [0.05, 0.1) is 11.5 Å². The molecule has 24 heavy (non-hydrogen) atoms. The molecule has 2 atom stereocenters. The van der Waals surface area contributed by atoms with Crippen molar-refractivity contribution >= 4 is 11.7 Å². The smallest absolute Gasteiger partial charge is 0.227 e. The molecule has 2 bridgehead atoms. The second kappa shape index (κ2) is 5.77. The van der Waals surface area contributed by atoms with Crippen LogP contribution in [0.1, 0.15) is 42.5 Å². The summed E-state index contributed by atoms with van der Waals surface area (Å²) in [6, 6.07) is 4.55. The second-order valence-corrected chi connectivity index (χ2v) is 7.66. The van der Waals surface area contributed by atoms with E-state index in [1.54, 1.807) is 0 Å². The fourth-order valence-corrected chi connectivity index (χ4v) is 4.22. The van der Waals surface area contributed by atoms with E-state index in [1.807, 2.05) is 19.9 Å². The van der Waals surface area contributed by atoms with Gasteiger partial charge in [-0.3, -0.25) is 4.79 Å². The standard InChI is InChI=1S/C19H24N4O/c1-12-7-13(2)21-18(17(12)8-20)22-10-15-5-6-16(11-22)23(19(15)24)9-14-3-4-14/h7,14-16H,3-6,9-11H2,1-2H3. The zero-order valence-corrected chi connectivity index (χ0v) is 14.5. The number of hydrogen-bond acceptors (Lipinski definition) is 4. The van der Waals surface area contributed by atoms with Gasteiger partial charge in [0.2, 0.25) is 5.91 Å². The summed E-state index contributed by atoms with van der Waals surface area (Å²) in [5, 5.41) is 9.58. The Balaban J connectivity index is 1.67. The number of anilines is 1. The summed E-state index contributed by atoms with van der Waals surface area (Å²) in [6.07, 6.45) is 4.57. The van der Waals surface area contributed by atoms with Crippen LogP contribution in [-0.2, 0) is 4.79 Å². The van der Waals surface area contributed by atoms with Crippen molar-refractivity contribution in [3.05, 3.63) is 22.9 Å². The van der Waals surface area contributed by atoms with Crippen molar-refractivity contribution in [3.63, 3.8) is 0 Å². The Hall–Kier alpha value is -2.09. The molecule has 4 aliphatic rings. The number of pyridine rings is 1. The molecule has 5 heteroatoms. The van der Waals surface area contributed by atoms with Gasteiger partial charge in [-0.05, 0) is 57.1 Å². The number of rotatable bonds is 3. The molecule has 3 aliphatic heterocycles. The third-order valence-electron chi connectivity index (χ3n) is 5.68. The molecule has 4 heterocycles. The number of carbonyl (C=O) groups excluding carboxylic acids is 1. The lowest BCUT2D eigenvalue weighted by Crippen LogP contribution is -2.48. The zero-order valence-electron chi connectivity index (χ0n) is 14.5. The van der Waals surface area contributed by atoms with Gasteiger partial charge < -0.3 is 9.80 Å². The normalized spacial score (nSPS) is 26.5. The molecule has 1 aromatic rings. The third-order valence-corrected chi connectivity index (χ3v) is 5.68. The Bertz CT molecular complexity index is 719. The number of nitriles is 1. The molecule has 2 unspecified atom stereocenters. The minimum Gasteiger partial charge on any atom is -0.353 e. The van der Waals surface area contributed by atoms with E-state index in [-0.39, 0.29) is 12.0 Å². The number of fused-ring (bicyclic) bond motifs is 4. The minimum atomic E-state index is 0.0525. The van der Waals surface area contributed by atoms with E-state index in [0.29, 0.717) is 18.0 Å². The molecule has 1 aromatic heterocycles. The number of carbonyl (C=O) groups is 1. The molecule has 0 radical (unpaired) electrons. The highest BCUT2D eigenvalue weighted by atomic mass is 16.2. The molecule has 3 saturated heterocycles. The molecular formula is C19H24N4O. The van der Waals surface area contributed by atoms with E-state index in [4.69, 9.17) is 0 Å². The number of amides is 1. The summed E-state index contributed by atoms with van der Waals surface area (Å²) in [6.45, 7) is 6.36. The number of hydrogen-bond donors (Lipinski definition) is 0. The Morgan fingerprint density at radius 3 is 2.75 bits per heavy atom. The van der Waals surface area contributed by atoms with Crippen molar-refractivity contribution in [1.82, 2.24) is 9.88 Å². The van der Waals surface area contributed by atoms with Gasteiger partial charge in [0, 0.05) is 31.4 Å². The lowest BCUT2D eigenvalue weighted by Gasteiger charge is -2.36. The quantitative estimate of drug-likeness (QED) is 0.856. The average Bonchev–Trinajstić information content (AvgIpc) is 3.37. The fraction of sp³-hybridized carbons (Fsp3) is 0.632. The van der Waals surface area contributed by atoms with Gasteiger partial charge in [0.15, 0.2) is 0 Å². The molecule has 5 nitrogen and oxygen atoms in total. The minimum absolute atomic E-state index is 0.0525. The Morgan fingerprint density at radius 2 is 2.04 bits per heavy atom. The number of aryl methyl sites for hydroxylation is 2. The maximum absolute atomic E-state index is 12.8. The Labute approximate surface area is 143 Å². The number of piperidine rings is 1. The van der Waals surface area contributed by atoms with Crippen LogP contribution in [-0.4, -0.2) is 41.5 Å². The van der Waals surface area contributed by atoms with Crippen molar-refractivity contribution in [2.24, 2.45) is 11.8 Å². The Kier molecular flexibility index (Phi) is 3.71. The maximum Gasteiger partial charge on any atom is 0.227 e. The first-order valence-electron chi connectivity index (χ1n) is 9.00. The summed E-state index contributed by atoms with van der Waals surface area (Å²) >= 11 is 0. The van der Waals surface area contributed by atoms with E-state index in [1.165, 1.54) is 12.8 Å². The summed E-state index contributed by atoms with van der Waals surface area (Å²) in [4.78, 5) is 21.9. The van der Waals surface area contributed by atoms with Crippen LogP contribution in [0.2, 0.25) is 0 Å². The molecule has 0 N–H and O–H groups in total. The number of nitrogens with zero attached hydrogens (tertiary/aromatic N) is 4. The topological polar surface area (TPSA) is 60.2 Å². The monoisotopic (exact) mass is 324 g/mol. The highest BCUT2D eigenvalue weighted by Gasteiger charge is 2.43. The summed E-state index contributed by atoms with van der Waals surface area (Å²) in [7, 11) is 0. The molecule has 4 fully saturated rings. The van der Waals surface area contributed by atoms with E-state index < -0.39 is 0 Å². The van der Waals surface area contributed by atoms with Crippen LogP contribution in [0, 0.1) is 37.0 Å². The van der Waals surface area contributed by atoms with Gasteiger partial charge in [-0.1, -0.05) is 0 Å². The lowest BCUT2D eigenvalue weighted by atomic mass is 9.94. The Morgan fingerprint density at radius 1 is 1.25 bits per heavy atom. The van der Waals surface area contributed by atoms with Gasteiger partial charge in [-0.25, -0.2) is 4.98 Å². The van der Waals surface area contributed by atoms with Gasteiger partial charge in [0.25, 0.3) is 0 Å². The molecular weight excluding hydrogens is 300 g/mol. The van der Waals surface area contributed by atoms with E-state index in [0.717, 1.165) is 48.9 Å². The van der Waals surface area contributed by atoms with E-state index >= 15 is 0 Å². The van der Waals surface area contributed by atoms with Crippen LogP contribution < -0.4 is 4.90 Å². The molecule has 126 valence electrons. The third kappa shape index (κ3) is 2.64. The first kappa shape index (κ1) is 15.4. The van der Waals surface area contributed by atoms with E-state index in [2.05, 4.69) is 20.9 Å². The largest absolute Gasteiger partial charge is 0.353 e. The average molecular weight is 324 g/mol. The maximum atomic E-state index is 12.8. The molecule has 1 aliphatic carbocycles. The van der Waals surface area contributed by atoms with Gasteiger partial charge in [-0.2, -0.15) is 5.26 Å². The highest BCUT2D eigenvalue weighted by molar-refractivity contribution is 5.81. The molecule has 5 rings (SSSR count). The second-order valence-electron chi connectivity index (χ2n) is 7.66. The predicted molar refractivity (Wildman–Crippen MR) is 91.6 cm³/mol. The molecule has 1 saturated carbocycles. The highest BCUT2D eigenvalue weighted by Crippen LogP contribution is 2.37. The van der Waals surface area contributed by atoms with Crippen LogP contribution in [0.4, 0.5) is 5.82 Å². The fourth-order valence-electron chi connectivity index (χ4n) is 4.22. The van der Waals surface area contributed by atoms with E-state index in [9.17, 15) is 10.1 Å². The summed E-state index contributed by atoms with van der Waals surface area (Å²) in [5.74, 6) is 1.86. The van der Waals surface area contributed by atoms with Crippen LogP contribution >= 0.6 is 0 Å². The molecule has 0 aromatic carbocycles. The van der Waals surface area contributed by atoms with Crippen molar-refractivity contribution < 1.29 is 4.79 Å². The molecule has 1 amide bonds. The first-order valence-corrected chi connectivity index (χ1v) is 9.00.